The molecule has 1 heterocycles. The van der Waals surface area contributed by atoms with Crippen LogP contribution < -0.4 is 16.0 Å². The van der Waals surface area contributed by atoms with Crippen molar-refractivity contribution in [1.82, 2.24) is 5.32 Å². The Morgan fingerprint density at radius 3 is 2.35 bits per heavy atom. The fraction of sp³-hybridized carbons (Fsp3) is 0.182. The van der Waals surface area contributed by atoms with Gasteiger partial charge in [0.2, 0.25) is 5.91 Å². The molecular weight excluding hydrogens is 427 g/mol. The average Bonchev–Trinajstić information content (AvgIpc) is 3.27. The van der Waals surface area contributed by atoms with Crippen LogP contribution in [0.15, 0.2) is 66.0 Å². The third-order valence-corrected chi connectivity index (χ3v) is 5.45. The van der Waals surface area contributed by atoms with Gasteiger partial charge in [0.15, 0.2) is 0 Å². The van der Waals surface area contributed by atoms with E-state index in [2.05, 4.69) is 16.0 Å². The zero-order valence-electron chi connectivity index (χ0n) is 16.5. The van der Waals surface area contributed by atoms with Crippen molar-refractivity contribution >= 4 is 34.5 Å². The van der Waals surface area contributed by atoms with Crippen LogP contribution in [0.25, 0.3) is 0 Å². The van der Waals surface area contributed by atoms with Crippen LogP contribution in [0.5, 0.6) is 0 Å². The number of alkyl halides is 3. The summed E-state index contributed by atoms with van der Waals surface area (Å²) in [7, 11) is 0. The molecule has 0 aliphatic heterocycles. The Hall–Kier alpha value is -3.17. The maximum Gasteiger partial charge on any atom is 0.416 e. The lowest BCUT2D eigenvalue weighted by molar-refractivity contribution is -0.137. The highest BCUT2D eigenvalue weighted by Crippen LogP contribution is 2.30. The zero-order chi connectivity index (χ0) is 22.4. The first-order valence-corrected chi connectivity index (χ1v) is 10.3. The number of benzene rings is 2. The minimum Gasteiger partial charge on any atom is -0.325 e. The van der Waals surface area contributed by atoms with E-state index in [9.17, 15) is 22.8 Å². The van der Waals surface area contributed by atoms with Crippen LogP contribution in [-0.2, 0) is 11.0 Å². The second-order valence-corrected chi connectivity index (χ2v) is 7.76. The van der Waals surface area contributed by atoms with Crippen molar-refractivity contribution in [3.05, 3.63) is 82.0 Å². The van der Waals surface area contributed by atoms with Gasteiger partial charge in [-0.05, 0) is 54.8 Å². The minimum absolute atomic E-state index is 0.0234. The number of thiophene rings is 1. The Balaban J connectivity index is 1.59. The summed E-state index contributed by atoms with van der Waals surface area (Å²) >= 11 is 1.59. The predicted molar refractivity (Wildman–Crippen MR) is 115 cm³/mol. The van der Waals surface area contributed by atoms with Crippen molar-refractivity contribution in [2.75, 3.05) is 17.2 Å². The van der Waals surface area contributed by atoms with Crippen LogP contribution in [0.2, 0.25) is 0 Å². The molecule has 3 rings (SSSR count). The van der Waals surface area contributed by atoms with Crippen LogP contribution in [0.3, 0.4) is 0 Å². The van der Waals surface area contributed by atoms with Gasteiger partial charge in [0.05, 0.1) is 12.1 Å². The van der Waals surface area contributed by atoms with Crippen molar-refractivity contribution in [3.8, 4) is 0 Å². The number of amides is 2. The van der Waals surface area contributed by atoms with Gasteiger partial charge in [0, 0.05) is 27.9 Å². The molecule has 3 aromatic rings. The number of hydrogen-bond donors (Lipinski definition) is 3. The largest absolute Gasteiger partial charge is 0.416 e. The monoisotopic (exact) mass is 447 g/mol. The van der Waals surface area contributed by atoms with Crippen molar-refractivity contribution in [3.63, 3.8) is 0 Å². The molecule has 0 aliphatic rings. The lowest BCUT2D eigenvalue weighted by atomic mass is 10.1. The maximum absolute atomic E-state index is 12.8. The predicted octanol–water partition coefficient (Wildman–Crippen LogP) is 5.31. The molecule has 31 heavy (non-hydrogen) atoms. The van der Waals surface area contributed by atoms with Gasteiger partial charge in [-0.25, -0.2) is 0 Å². The van der Waals surface area contributed by atoms with E-state index in [1.54, 1.807) is 23.5 Å². The van der Waals surface area contributed by atoms with Crippen molar-refractivity contribution in [1.29, 1.82) is 0 Å². The first-order valence-electron chi connectivity index (χ1n) is 9.37. The number of nitrogens with one attached hydrogen (secondary N) is 3. The molecule has 0 fully saturated rings. The molecule has 0 saturated heterocycles. The fourth-order valence-electron chi connectivity index (χ4n) is 2.80. The fourth-order valence-corrected chi connectivity index (χ4v) is 3.56. The summed E-state index contributed by atoms with van der Waals surface area (Å²) < 4.78 is 38.5. The van der Waals surface area contributed by atoms with E-state index in [4.69, 9.17) is 0 Å². The molecule has 1 unspecified atom stereocenters. The molecule has 0 saturated carbocycles. The smallest absolute Gasteiger partial charge is 0.325 e. The van der Waals surface area contributed by atoms with E-state index in [0.717, 1.165) is 17.0 Å². The first kappa shape index (κ1) is 22.5. The molecule has 9 heteroatoms. The van der Waals surface area contributed by atoms with E-state index >= 15 is 0 Å². The summed E-state index contributed by atoms with van der Waals surface area (Å²) in [6, 6.07) is 14.5. The zero-order valence-corrected chi connectivity index (χ0v) is 17.3. The highest BCUT2D eigenvalue weighted by atomic mass is 32.1. The maximum atomic E-state index is 12.8. The normalized spacial score (nSPS) is 12.3. The molecule has 5 nitrogen and oxygen atoms in total. The number of carbonyl (C=O) groups is 2. The molecule has 2 aromatic carbocycles. The molecule has 1 atom stereocenters. The molecule has 0 bridgehead atoms. The SMILES string of the molecule is CC(NCC(=O)Nc1cccc(C(=O)Nc2cccc(C(F)(F)F)c2)c1)c1cccs1. The Morgan fingerprint density at radius 2 is 1.68 bits per heavy atom. The Labute approximate surface area is 181 Å². The van der Waals surface area contributed by atoms with Crippen LogP contribution in [0.1, 0.15) is 33.8 Å². The third kappa shape index (κ3) is 6.40. The molecule has 0 aliphatic carbocycles. The van der Waals surface area contributed by atoms with Gasteiger partial charge in [-0.15, -0.1) is 11.3 Å². The molecule has 3 N–H and O–H groups in total. The first-order chi connectivity index (χ1) is 14.7. The van der Waals surface area contributed by atoms with Crippen LogP contribution in [-0.4, -0.2) is 18.4 Å². The minimum atomic E-state index is -4.50. The summed E-state index contributed by atoms with van der Waals surface area (Å²) in [5.41, 5.74) is -0.209. The number of rotatable bonds is 7. The van der Waals surface area contributed by atoms with Crippen molar-refractivity contribution in [2.45, 2.75) is 19.1 Å². The Bertz CT molecular complexity index is 1050. The number of hydrogen-bond acceptors (Lipinski definition) is 4. The molecular formula is C22H20F3N3O2S. The van der Waals surface area contributed by atoms with Gasteiger partial charge in [-0.3, -0.25) is 9.59 Å². The number of halogens is 3. The van der Waals surface area contributed by atoms with Gasteiger partial charge in [0.1, 0.15) is 0 Å². The van der Waals surface area contributed by atoms with Gasteiger partial charge in [-0.2, -0.15) is 13.2 Å². The summed E-state index contributed by atoms with van der Waals surface area (Å²) in [4.78, 5) is 25.8. The number of anilines is 2. The van der Waals surface area contributed by atoms with E-state index in [1.807, 2.05) is 24.4 Å². The van der Waals surface area contributed by atoms with E-state index < -0.39 is 17.6 Å². The molecule has 0 spiro atoms. The van der Waals surface area contributed by atoms with Gasteiger partial charge >= 0.3 is 6.18 Å². The summed E-state index contributed by atoms with van der Waals surface area (Å²) in [6.07, 6.45) is -4.50. The summed E-state index contributed by atoms with van der Waals surface area (Å²) in [5, 5.41) is 10.2. The second kappa shape index (κ2) is 9.76. The molecule has 162 valence electrons. The van der Waals surface area contributed by atoms with Crippen LogP contribution in [0, 0.1) is 0 Å². The number of carbonyl (C=O) groups excluding carboxylic acids is 2. The average molecular weight is 447 g/mol. The van der Waals surface area contributed by atoms with Crippen molar-refractivity contribution in [2.24, 2.45) is 0 Å². The highest BCUT2D eigenvalue weighted by Gasteiger charge is 2.30. The van der Waals surface area contributed by atoms with Crippen LogP contribution >= 0.6 is 11.3 Å². The second-order valence-electron chi connectivity index (χ2n) is 6.78. The lowest BCUT2D eigenvalue weighted by Crippen LogP contribution is -2.29. The topological polar surface area (TPSA) is 70.2 Å². The third-order valence-electron chi connectivity index (χ3n) is 4.40. The summed E-state index contributed by atoms with van der Waals surface area (Å²) in [6.45, 7) is 2.04. The molecule has 1 aromatic heterocycles. The van der Waals surface area contributed by atoms with Gasteiger partial charge in [0.25, 0.3) is 5.91 Å². The van der Waals surface area contributed by atoms with Gasteiger partial charge in [-0.1, -0.05) is 18.2 Å². The van der Waals surface area contributed by atoms with Crippen molar-refractivity contribution < 1.29 is 22.8 Å². The Kier molecular flexibility index (Phi) is 7.09. The Morgan fingerprint density at radius 1 is 0.968 bits per heavy atom. The van der Waals surface area contributed by atoms with E-state index in [0.29, 0.717) is 5.69 Å². The van der Waals surface area contributed by atoms with E-state index in [1.165, 1.54) is 24.3 Å². The molecule has 0 radical (unpaired) electrons. The highest BCUT2D eigenvalue weighted by molar-refractivity contribution is 7.10. The molecule has 2 amide bonds. The standard InChI is InChI=1S/C22H20F3N3O2S/c1-14(19-9-4-10-31-19)26-13-20(29)27-17-7-2-5-15(11-17)21(30)28-18-8-3-6-16(12-18)22(23,24)25/h2-12,14,26H,13H2,1H3,(H,27,29)(H,28,30). The summed E-state index contributed by atoms with van der Waals surface area (Å²) in [5.74, 6) is -0.862. The van der Waals surface area contributed by atoms with Gasteiger partial charge < -0.3 is 16.0 Å². The quantitative estimate of drug-likeness (QED) is 0.460. The lowest BCUT2D eigenvalue weighted by Gasteiger charge is -2.13. The van der Waals surface area contributed by atoms with E-state index in [-0.39, 0.29) is 29.7 Å². The van der Waals surface area contributed by atoms with Crippen LogP contribution in [0.4, 0.5) is 24.5 Å².